The van der Waals surface area contributed by atoms with Gasteiger partial charge in [-0.15, -0.1) is 0 Å². The van der Waals surface area contributed by atoms with Crippen LogP contribution in [0.25, 0.3) is 0 Å². The lowest BCUT2D eigenvalue weighted by molar-refractivity contribution is -0.137. The summed E-state index contributed by atoms with van der Waals surface area (Å²) >= 11 is 0. The Morgan fingerprint density at radius 2 is 2.07 bits per heavy atom. The Hall–Kier alpha value is -2.47. The number of rotatable bonds is 6. The van der Waals surface area contributed by atoms with Gasteiger partial charge in [0.2, 0.25) is 11.6 Å². The van der Waals surface area contributed by atoms with Crippen LogP contribution in [0.1, 0.15) is 6.92 Å². The van der Waals surface area contributed by atoms with Crippen molar-refractivity contribution in [1.29, 1.82) is 0 Å². The van der Waals surface area contributed by atoms with Crippen molar-refractivity contribution in [2.45, 2.75) is 31.0 Å². The van der Waals surface area contributed by atoms with Crippen LogP contribution in [0, 0.1) is 5.92 Å². The lowest BCUT2D eigenvalue weighted by Gasteiger charge is -2.39. The number of primary amides is 1. The monoisotopic (exact) mass is 420 g/mol. The summed E-state index contributed by atoms with van der Waals surface area (Å²) in [6.07, 6.45) is -1.43. The van der Waals surface area contributed by atoms with Crippen LogP contribution >= 0.6 is 0 Å². The molecule has 0 spiro atoms. The summed E-state index contributed by atoms with van der Waals surface area (Å²) in [6.45, 7) is 3.20. The zero-order chi connectivity index (χ0) is 21.2. The van der Waals surface area contributed by atoms with Gasteiger partial charge in [0, 0.05) is 30.8 Å². The van der Waals surface area contributed by atoms with Gasteiger partial charge in [0.05, 0.1) is 43.1 Å². The minimum atomic E-state index is -0.983. The lowest BCUT2D eigenvalue weighted by Crippen LogP contribution is -2.55. The third-order valence-electron chi connectivity index (χ3n) is 6.56. The molecular weight excluding hydrogens is 396 g/mol. The first-order valence-electron chi connectivity index (χ1n) is 9.92. The Balaban J connectivity index is 1.50. The van der Waals surface area contributed by atoms with Crippen LogP contribution in [-0.2, 0) is 28.5 Å². The SMILES string of the molecule is CO[C@@]12[C@H](COC(N)=O)C3=C(C(=O)C(C)=C(NCC4OCCO4)C3=O)N1C[C@@H]1N[C@@H]12. The molecule has 4 aliphatic heterocycles. The molecule has 4 atom stereocenters. The highest BCUT2D eigenvalue weighted by molar-refractivity contribution is 6.25. The zero-order valence-corrected chi connectivity index (χ0v) is 16.7. The molecule has 0 bridgehead atoms. The topological polar surface area (TPSA) is 151 Å². The van der Waals surface area contributed by atoms with Gasteiger partial charge in [0.25, 0.3) is 0 Å². The first kappa shape index (κ1) is 19.5. The number of Topliss-reactive ketones (excluding diaryl/α,β-unsaturated/α-hetero) is 2. The van der Waals surface area contributed by atoms with Crippen LogP contribution in [0.3, 0.4) is 0 Å². The average molecular weight is 420 g/mol. The maximum absolute atomic E-state index is 13.5. The molecular formula is C19H24N4O7. The van der Waals surface area contributed by atoms with Crippen molar-refractivity contribution in [1.82, 2.24) is 15.5 Å². The van der Waals surface area contributed by atoms with Crippen LogP contribution in [0.4, 0.5) is 4.79 Å². The maximum Gasteiger partial charge on any atom is 0.404 e. The number of ketones is 2. The van der Waals surface area contributed by atoms with E-state index >= 15 is 0 Å². The molecule has 4 heterocycles. The Morgan fingerprint density at radius 1 is 1.33 bits per heavy atom. The van der Waals surface area contributed by atoms with Gasteiger partial charge in [-0.3, -0.25) is 9.59 Å². The normalized spacial score (nSPS) is 35.0. The van der Waals surface area contributed by atoms with E-state index in [1.165, 1.54) is 7.11 Å². The summed E-state index contributed by atoms with van der Waals surface area (Å²) in [6, 6.07) is 0.0747. The highest BCUT2D eigenvalue weighted by atomic mass is 16.7. The molecule has 11 heteroatoms. The van der Waals surface area contributed by atoms with E-state index in [0.29, 0.717) is 31.0 Å². The van der Waals surface area contributed by atoms with Gasteiger partial charge in [0.1, 0.15) is 6.61 Å². The van der Waals surface area contributed by atoms with Crippen LogP contribution in [0.2, 0.25) is 0 Å². The molecule has 5 rings (SSSR count). The summed E-state index contributed by atoms with van der Waals surface area (Å²) in [7, 11) is 1.54. The minimum Gasteiger partial charge on any atom is -0.449 e. The van der Waals surface area contributed by atoms with Gasteiger partial charge in [-0.1, -0.05) is 0 Å². The molecule has 1 aliphatic carbocycles. The molecule has 3 saturated heterocycles. The fraction of sp³-hybridized carbons (Fsp3) is 0.632. The average Bonchev–Trinajstić information content (AvgIpc) is 3.08. The molecule has 162 valence electrons. The molecule has 0 aromatic rings. The van der Waals surface area contributed by atoms with Crippen molar-refractivity contribution < 1.29 is 33.3 Å². The Bertz CT molecular complexity index is 893. The number of hydrogen-bond acceptors (Lipinski definition) is 10. The molecule has 0 radical (unpaired) electrons. The second kappa shape index (κ2) is 6.77. The molecule has 5 aliphatic rings. The van der Waals surface area contributed by atoms with E-state index in [9.17, 15) is 14.4 Å². The molecule has 30 heavy (non-hydrogen) atoms. The van der Waals surface area contributed by atoms with Gasteiger partial charge in [-0.2, -0.15) is 0 Å². The maximum atomic E-state index is 13.5. The fourth-order valence-electron chi connectivity index (χ4n) is 5.21. The van der Waals surface area contributed by atoms with Crippen molar-refractivity contribution >= 4 is 17.7 Å². The highest BCUT2D eigenvalue weighted by Gasteiger charge is 2.72. The number of carbonyl (C=O) groups is 3. The largest absolute Gasteiger partial charge is 0.449 e. The van der Waals surface area contributed by atoms with Crippen LogP contribution in [0.15, 0.2) is 22.5 Å². The quantitative estimate of drug-likeness (QED) is 0.337. The van der Waals surface area contributed by atoms with E-state index in [0.717, 1.165) is 0 Å². The lowest BCUT2D eigenvalue weighted by atomic mass is 9.82. The number of hydrogen-bond donors (Lipinski definition) is 3. The van der Waals surface area contributed by atoms with E-state index < -0.39 is 24.0 Å². The van der Waals surface area contributed by atoms with Crippen molar-refractivity contribution in [2.24, 2.45) is 11.7 Å². The van der Waals surface area contributed by atoms with Gasteiger partial charge in [-0.05, 0) is 6.92 Å². The molecule has 4 N–H and O–H groups in total. The van der Waals surface area contributed by atoms with E-state index in [1.54, 1.807) is 6.92 Å². The summed E-state index contributed by atoms with van der Waals surface area (Å²) in [5, 5.41) is 6.35. The van der Waals surface area contributed by atoms with E-state index in [2.05, 4.69) is 10.6 Å². The Labute approximate surface area is 172 Å². The number of allylic oxidation sites excluding steroid dienone is 2. The summed E-state index contributed by atoms with van der Waals surface area (Å²) in [5.74, 6) is -1.22. The number of nitrogens with zero attached hydrogens (tertiary/aromatic N) is 1. The van der Waals surface area contributed by atoms with Gasteiger partial charge in [-0.25, -0.2) is 4.79 Å². The van der Waals surface area contributed by atoms with E-state index in [4.69, 9.17) is 24.7 Å². The van der Waals surface area contributed by atoms with Gasteiger partial charge >= 0.3 is 6.09 Å². The van der Waals surface area contributed by atoms with E-state index in [-0.39, 0.29) is 48.1 Å². The van der Waals surface area contributed by atoms with Crippen LogP contribution < -0.4 is 16.4 Å². The number of nitrogens with two attached hydrogens (primary N) is 1. The van der Waals surface area contributed by atoms with Crippen LogP contribution in [0.5, 0.6) is 0 Å². The van der Waals surface area contributed by atoms with Gasteiger partial charge < -0.3 is 40.2 Å². The number of carbonyl (C=O) groups excluding carboxylic acids is 3. The fourth-order valence-corrected chi connectivity index (χ4v) is 5.21. The first-order valence-corrected chi connectivity index (χ1v) is 9.92. The number of methoxy groups -OCH3 is 1. The second-order valence-electron chi connectivity index (χ2n) is 7.97. The molecule has 0 unspecified atom stereocenters. The Morgan fingerprint density at radius 3 is 2.73 bits per heavy atom. The number of amides is 1. The third kappa shape index (κ3) is 2.56. The van der Waals surface area contributed by atoms with Gasteiger partial charge in [0.15, 0.2) is 12.0 Å². The summed E-state index contributed by atoms with van der Waals surface area (Å²) in [4.78, 5) is 40.1. The van der Waals surface area contributed by atoms with Crippen LogP contribution in [-0.4, -0.2) is 86.7 Å². The van der Waals surface area contributed by atoms with Crippen molar-refractivity contribution in [3.05, 3.63) is 22.5 Å². The number of fused-ring (bicyclic) bond motifs is 4. The number of nitrogens with one attached hydrogen (secondary N) is 2. The molecule has 0 aromatic carbocycles. The number of piperazine rings is 1. The molecule has 3 fully saturated rings. The second-order valence-corrected chi connectivity index (χ2v) is 7.97. The van der Waals surface area contributed by atoms with Crippen molar-refractivity contribution in [3.63, 3.8) is 0 Å². The number of ether oxygens (including phenoxy) is 4. The first-order chi connectivity index (χ1) is 14.4. The molecule has 1 amide bonds. The summed E-state index contributed by atoms with van der Waals surface area (Å²) in [5.41, 5.74) is 5.35. The smallest absolute Gasteiger partial charge is 0.404 e. The summed E-state index contributed by atoms with van der Waals surface area (Å²) < 4.78 is 21.8. The van der Waals surface area contributed by atoms with E-state index in [1.807, 2.05) is 4.90 Å². The third-order valence-corrected chi connectivity index (χ3v) is 6.56. The molecule has 0 aromatic heterocycles. The van der Waals surface area contributed by atoms with Crippen molar-refractivity contribution in [3.8, 4) is 0 Å². The Kier molecular flexibility index (Phi) is 4.40. The minimum absolute atomic E-state index is 0.0767. The van der Waals surface area contributed by atoms with Crippen molar-refractivity contribution in [2.75, 3.05) is 40.0 Å². The highest BCUT2D eigenvalue weighted by Crippen LogP contribution is 2.55. The zero-order valence-electron chi connectivity index (χ0n) is 16.7. The predicted octanol–water partition coefficient (Wildman–Crippen LogP) is -1.65. The predicted molar refractivity (Wildman–Crippen MR) is 99.6 cm³/mol. The molecule has 0 saturated carbocycles. The standard InChI is InChI=1S/C19H24N4O7/c1-8-13(21-5-11-28-3-4-29-11)16(25)12-9(7-30-18(20)26)19(27-2)17-10(22-17)6-23(19)14(12)15(8)24/h9-11,17,21-22H,3-7H2,1-2H3,(H2,20,26)/t9-,10+,17+,19-/m1/s1. The molecule has 11 nitrogen and oxygen atoms in total.